The van der Waals surface area contributed by atoms with E-state index in [9.17, 15) is 26.0 Å². The number of sulfonamides is 1. The summed E-state index contributed by atoms with van der Waals surface area (Å²) in [4.78, 5) is 7.87. The molecule has 2 atom stereocenters. The van der Waals surface area contributed by atoms with Crippen molar-refractivity contribution in [1.82, 2.24) is 9.97 Å². The van der Waals surface area contributed by atoms with E-state index in [2.05, 4.69) is 9.97 Å². The second-order valence-electron chi connectivity index (χ2n) is 8.65. The Kier molecular flexibility index (Phi) is 7.86. The Bertz CT molecular complexity index is 1560. The maximum Gasteiger partial charge on any atom is 0.429 e. The number of ether oxygens (including phenoxy) is 1. The number of rotatable bonds is 8. The maximum atomic E-state index is 14.0. The zero-order valence-corrected chi connectivity index (χ0v) is 21.0. The van der Waals surface area contributed by atoms with Crippen LogP contribution in [0.2, 0.25) is 0 Å². The van der Waals surface area contributed by atoms with Crippen molar-refractivity contribution in [3.8, 4) is 28.3 Å². The number of nitrogen functional groups attached to an aromatic ring is 1. The normalized spacial score (nSPS) is 13.6. The summed E-state index contributed by atoms with van der Waals surface area (Å²) in [6.07, 6.45) is -7.21. The average molecular weight is 562 g/mol. The van der Waals surface area contributed by atoms with E-state index in [1.807, 2.05) is 0 Å². The lowest BCUT2D eigenvalue weighted by atomic mass is 10.0. The van der Waals surface area contributed by atoms with Crippen molar-refractivity contribution < 1.29 is 30.7 Å². The minimum Gasteiger partial charge on any atom is -0.460 e. The topological polar surface area (TPSA) is 147 Å². The van der Waals surface area contributed by atoms with Gasteiger partial charge in [0.2, 0.25) is 28.0 Å². The molecule has 0 bridgehead atoms. The molecular weight excluding hydrogens is 538 g/mol. The predicted octanol–water partition coefficient (Wildman–Crippen LogP) is 4.33. The van der Waals surface area contributed by atoms with Gasteiger partial charge in [-0.05, 0) is 28.8 Å². The summed E-state index contributed by atoms with van der Waals surface area (Å²) in [5.41, 5.74) is 13.4. The van der Waals surface area contributed by atoms with Crippen LogP contribution in [0.3, 0.4) is 0 Å². The molecule has 4 rings (SSSR count). The average Bonchev–Trinajstić information content (AvgIpc) is 2.86. The van der Waals surface area contributed by atoms with Crippen molar-refractivity contribution in [3.05, 3.63) is 95.8 Å². The highest BCUT2D eigenvalue weighted by atomic mass is 32.2. The zero-order valence-electron chi connectivity index (χ0n) is 20.1. The predicted molar refractivity (Wildman–Crippen MR) is 138 cm³/mol. The fourth-order valence-corrected chi connectivity index (χ4v) is 4.20. The Morgan fingerprint density at radius 1 is 0.872 bits per heavy atom. The van der Waals surface area contributed by atoms with Crippen LogP contribution in [0.4, 0.5) is 23.5 Å². The van der Waals surface area contributed by atoms with Gasteiger partial charge in [-0.15, -0.1) is 0 Å². The van der Waals surface area contributed by atoms with Gasteiger partial charge in [-0.3, -0.25) is 0 Å². The van der Waals surface area contributed by atoms with E-state index in [4.69, 9.17) is 21.3 Å². The van der Waals surface area contributed by atoms with Gasteiger partial charge in [0.15, 0.2) is 0 Å². The third-order valence-electron chi connectivity index (χ3n) is 5.74. The Morgan fingerprint density at radius 3 is 2.10 bits per heavy atom. The third kappa shape index (κ3) is 7.07. The number of halogens is 4. The number of aromatic nitrogens is 2. The highest BCUT2D eigenvalue weighted by molar-refractivity contribution is 7.89. The summed E-state index contributed by atoms with van der Waals surface area (Å²) in [5, 5.41) is 3.75. The van der Waals surface area contributed by atoms with Crippen LogP contribution < -0.4 is 21.3 Å². The Morgan fingerprint density at radius 2 is 1.51 bits per heavy atom. The first-order chi connectivity index (χ1) is 18.3. The largest absolute Gasteiger partial charge is 0.460 e. The fraction of sp³-hybridized carbons (Fsp3) is 0.154. The molecule has 3 aromatic carbocycles. The Hall–Kier alpha value is -4.07. The summed E-state index contributed by atoms with van der Waals surface area (Å²) in [5.74, 6) is -1.19. The number of hydrogen-bond acceptors (Lipinski definition) is 7. The molecule has 0 aliphatic carbocycles. The van der Waals surface area contributed by atoms with Gasteiger partial charge in [-0.2, -0.15) is 18.2 Å². The smallest absolute Gasteiger partial charge is 0.429 e. The first kappa shape index (κ1) is 28.0. The molecule has 0 radical (unpaired) electrons. The van der Waals surface area contributed by atoms with Crippen molar-refractivity contribution in [2.75, 3.05) is 5.73 Å². The summed E-state index contributed by atoms with van der Waals surface area (Å²) < 4.78 is 83.6. The van der Waals surface area contributed by atoms with Crippen LogP contribution >= 0.6 is 0 Å². The van der Waals surface area contributed by atoms with Gasteiger partial charge in [0, 0.05) is 23.6 Å². The van der Waals surface area contributed by atoms with Crippen molar-refractivity contribution in [3.63, 3.8) is 0 Å². The van der Waals surface area contributed by atoms with E-state index < -0.39 is 39.4 Å². The van der Waals surface area contributed by atoms with Crippen LogP contribution in [0.5, 0.6) is 5.88 Å². The molecule has 6 N–H and O–H groups in total. The molecule has 0 aliphatic heterocycles. The molecule has 39 heavy (non-hydrogen) atoms. The molecule has 0 aliphatic rings. The van der Waals surface area contributed by atoms with Crippen LogP contribution in [0.25, 0.3) is 22.4 Å². The number of alkyl halides is 3. The van der Waals surface area contributed by atoms with Gasteiger partial charge in [-0.25, -0.2) is 22.9 Å². The van der Waals surface area contributed by atoms with Gasteiger partial charge in [0.1, 0.15) is 11.2 Å². The lowest BCUT2D eigenvalue weighted by Crippen LogP contribution is -2.37. The molecule has 4 aromatic rings. The highest BCUT2D eigenvalue weighted by Crippen LogP contribution is 2.38. The molecule has 0 amide bonds. The standard InChI is InChI=1S/C26H23F4N5O3S/c27-20-3-1-2-19(13-20)16-8-10-18(11-9-16)24(26(28,29)30)38-23-14-21(34-25(32)35-23)17-6-4-15(5-7-17)12-22(31)39(33,36)37/h1-11,13-14,22,24H,12,31H2,(H2,32,34,35)(H2,33,36,37). The van der Waals surface area contributed by atoms with Crippen LogP contribution in [-0.4, -0.2) is 29.9 Å². The summed E-state index contributed by atoms with van der Waals surface area (Å²) in [6, 6.07) is 18.6. The summed E-state index contributed by atoms with van der Waals surface area (Å²) in [6.45, 7) is 0. The number of hydrogen-bond donors (Lipinski definition) is 3. The molecule has 0 fully saturated rings. The van der Waals surface area contributed by atoms with Crippen LogP contribution in [-0.2, 0) is 16.4 Å². The summed E-state index contributed by atoms with van der Waals surface area (Å²) >= 11 is 0. The SMILES string of the molecule is Nc1nc(OC(c2ccc(-c3cccc(F)c3)cc2)C(F)(F)F)cc(-c2ccc(CC(N)S(N)(=O)=O)cc2)n1. The van der Waals surface area contributed by atoms with Crippen LogP contribution in [0.15, 0.2) is 78.9 Å². The minimum atomic E-state index is -4.80. The Labute approximate surface area is 221 Å². The van der Waals surface area contributed by atoms with Crippen molar-refractivity contribution in [2.45, 2.75) is 24.1 Å². The van der Waals surface area contributed by atoms with E-state index in [1.54, 1.807) is 30.3 Å². The van der Waals surface area contributed by atoms with Gasteiger partial charge in [0.05, 0.1) is 5.69 Å². The molecule has 204 valence electrons. The summed E-state index contributed by atoms with van der Waals surface area (Å²) in [7, 11) is -3.92. The molecule has 8 nitrogen and oxygen atoms in total. The molecular formula is C26H23F4N5O3S. The van der Waals surface area contributed by atoms with Gasteiger partial charge in [-0.1, -0.05) is 60.7 Å². The lowest BCUT2D eigenvalue weighted by Gasteiger charge is -2.22. The molecule has 0 saturated carbocycles. The molecule has 0 spiro atoms. The van der Waals surface area contributed by atoms with E-state index in [0.717, 1.165) is 0 Å². The molecule has 1 heterocycles. The van der Waals surface area contributed by atoms with Crippen molar-refractivity contribution in [2.24, 2.45) is 10.9 Å². The molecule has 2 unspecified atom stereocenters. The van der Waals surface area contributed by atoms with E-state index >= 15 is 0 Å². The quantitative estimate of drug-likeness (QED) is 0.271. The van der Waals surface area contributed by atoms with Crippen molar-refractivity contribution >= 4 is 16.0 Å². The van der Waals surface area contributed by atoms with E-state index in [0.29, 0.717) is 22.3 Å². The molecule has 13 heteroatoms. The van der Waals surface area contributed by atoms with Gasteiger partial charge < -0.3 is 16.2 Å². The third-order valence-corrected chi connectivity index (χ3v) is 6.75. The lowest BCUT2D eigenvalue weighted by molar-refractivity contribution is -0.198. The van der Waals surface area contributed by atoms with Crippen molar-refractivity contribution in [1.29, 1.82) is 0 Å². The number of benzene rings is 3. The highest BCUT2D eigenvalue weighted by Gasteiger charge is 2.43. The zero-order chi connectivity index (χ0) is 28.4. The van der Waals surface area contributed by atoms with Crippen LogP contribution in [0.1, 0.15) is 17.2 Å². The fourth-order valence-electron chi connectivity index (χ4n) is 3.77. The minimum absolute atomic E-state index is 0.0371. The molecule has 0 saturated heterocycles. The second kappa shape index (κ2) is 11.0. The second-order valence-corrected chi connectivity index (χ2v) is 10.4. The number of anilines is 1. The monoisotopic (exact) mass is 561 g/mol. The number of nitrogens with two attached hydrogens (primary N) is 3. The number of primary sulfonamides is 1. The van der Waals surface area contributed by atoms with E-state index in [1.165, 1.54) is 48.5 Å². The van der Waals surface area contributed by atoms with Gasteiger partial charge in [0.25, 0.3) is 0 Å². The Balaban J connectivity index is 1.58. The molecule has 1 aromatic heterocycles. The number of nitrogens with zero attached hydrogens (tertiary/aromatic N) is 2. The van der Waals surface area contributed by atoms with Gasteiger partial charge >= 0.3 is 6.18 Å². The van der Waals surface area contributed by atoms with Crippen LogP contribution in [0, 0.1) is 5.82 Å². The first-order valence-corrected chi connectivity index (χ1v) is 13.0. The maximum absolute atomic E-state index is 14.0. The first-order valence-electron chi connectivity index (χ1n) is 11.4. The van der Waals surface area contributed by atoms with E-state index in [-0.39, 0.29) is 23.6 Å².